The number of anilines is 1. The van der Waals surface area contributed by atoms with Gasteiger partial charge in [-0.15, -0.1) is 11.3 Å². The van der Waals surface area contributed by atoms with E-state index in [-0.39, 0.29) is 5.91 Å². The summed E-state index contributed by atoms with van der Waals surface area (Å²) in [7, 11) is 3.33. The fourth-order valence-corrected chi connectivity index (χ4v) is 3.28. The van der Waals surface area contributed by atoms with Crippen molar-refractivity contribution in [2.45, 2.75) is 13.5 Å². The third kappa shape index (κ3) is 6.39. The average Bonchev–Trinajstić information content (AvgIpc) is 3.21. The maximum absolute atomic E-state index is 12.2. The number of benzene rings is 2. The molecule has 0 aliphatic heterocycles. The lowest BCUT2D eigenvalue weighted by Gasteiger charge is -2.11. The topological polar surface area (TPSA) is 97.8 Å². The number of nitrogens with zero attached hydrogens (tertiary/aromatic N) is 2. The second kappa shape index (κ2) is 10.5. The molecule has 0 aliphatic rings. The van der Waals surface area contributed by atoms with E-state index in [0.717, 1.165) is 10.7 Å². The molecule has 32 heavy (non-hydrogen) atoms. The van der Waals surface area contributed by atoms with Crippen molar-refractivity contribution in [2.24, 2.45) is 0 Å². The largest absolute Gasteiger partial charge is 0.487 e. The van der Waals surface area contributed by atoms with Gasteiger partial charge in [-0.1, -0.05) is 0 Å². The van der Waals surface area contributed by atoms with Crippen LogP contribution in [0.1, 0.15) is 31.4 Å². The highest BCUT2D eigenvalue weighted by Crippen LogP contribution is 2.16. The Morgan fingerprint density at radius 1 is 1.00 bits per heavy atom. The Hall–Kier alpha value is -3.72. The molecule has 0 unspecified atom stereocenters. The van der Waals surface area contributed by atoms with Gasteiger partial charge in [-0.3, -0.25) is 9.59 Å². The summed E-state index contributed by atoms with van der Waals surface area (Å²) in [5.74, 6) is -0.634. The standard InChI is InChI=1S/C23H23N3O5S/c1-15-24-19(14-32-15)12-30-20-10-6-17(7-11-20)23(29)31-13-21(27)25-18-8-4-16(5-9-18)22(28)26(2)3/h4-11,14H,12-13H2,1-3H3,(H,25,27). The van der Waals surface area contributed by atoms with Crippen LogP contribution in [0.15, 0.2) is 53.9 Å². The molecule has 0 saturated carbocycles. The molecule has 1 aromatic heterocycles. The predicted molar refractivity (Wildman–Crippen MR) is 121 cm³/mol. The molecule has 9 heteroatoms. The lowest BCUT2D eigenvalue weighted by Crippen LogP contribution is -2.22. The molecule has 0 radical (unpaired) electrons. The Morgan fingerprint density at radius 2 is 1.66 bits per heavy atom. The van der Waals surface area contributed by atoms with Gasteiger partial charge in [-0.25, -0.2) is 9.78 Å². The molecule has 0 bridgehead atoms. The summed E-state index contributed by atoms with van der Waals surface area (Å²) in [6.07, 6.45) is 0. The highest BCUT2D eigenvalue weighted by Gasteiger charge is 2.12. The van der Waals surface area contributed by atoms with Gasteiger partial charge in [-0.05, 0) is 55.5 Å². The molecular formula is C23H23N3O5S. The lowest BCUT2D eigenvalue weighted by molar-refractivity contribution is -0.119. The van der Waals surface area contributed by atoms with E-state index in [0.29, 0.717) is 29.2 Å². The van der Waals surface area contributed by atoms with Gasteiger partial charge >= 0.3 is 5.97 Å². The molecule has 0 aliphatic carbocycles. The zero-order valence-electron chi connectivity index (χ0n) is 18.0. The van der Waals surface area contributed by atoms with Crippen LogP contribution in [0, 0.1) is 6.92 Å². The van der Waals surface area contributed by atoms with Crippen molar-refractivity contribution < 1.29 is 23.9 Å². The Labute approximate surface area is 189 Å². The van der Waals surface area contributed by atoms with E-state index in [4.69, 9.17) is 9.47 Å². The van der Waals surface area contributed by atoms with Gasteiger partial charge in [0, 0.05) is 30.7 Å². The van der Waals surface area contributed by atoms with Gasteiger partial charge in [0.25, 0.3) is 11.8 Å². The zero-order chi connectivity index (χ0) is 23.1. The van der Waals surface area contributed by atoms with E-state index in [1.807, 2.05) is 12.3 Å². The Bertz CT molecular complexity index is 1090. The SMILES string of the molecule is Cc1nc(COc2ccc(C(=O)OCC(=O)Nc3ccc(C(=O)N(C)C)cc3)cc2)cs1. The highest BCUT2D eigenvalue weighted by atomic mass is 32.1. The van der Waals surface area contributed by atoms with E-state index in [1.54, 1.807) is 74.0 Å². The van der Waals surface area contributed by atoms with Crippen LogP contribution in [-0.2, 0) is 16.1 Å². The monoisotopic (exact) mass is 453 g/mol. The van der Waals surface area contributed by atoms with Crippen LogP contribution in [-0.4, -0.2) is 48.4 Å². The number of hydrogen-bond donors (Lipinski definition) is 1. The van der Waals surface area contributed by atoms with Gasteiger partial charge in [0.05, 0.1) is 16.3 Å². The minimum Gasteiger partial charge on any atom is -0.487 e. The van der Waals surface area contributed by atoms with Crippen LogP contribution in [0.25, 0.3) is 0 Å². The van der Waals surface area contributed by atoms with Crippen LogP contribution in [0.4, 0.5) is 5.69 Å². The van der Waals surface area contributed by atoms with E-state index < -0.39 is 18.5 Å². The summed E-state index contributed by atoms with van der Waals surface area (Å²) in [5.41, 5.74) is 2.16. The summed E-state index contributed by atoms with van der Waals surface area (Å²) in [6, 6.07) is 12.9. The van der Waals surface area contributed by atoms with Crippen molar-refractivity contribution in [1.29, 1.82) is 0 Å². The second-order valence-corrected chi connectivity index (χ2v) is 8.13. The number of nitrogens with one attached hydrogen (secondary N) is 1. The summed E-state index contributed by atoms with van der Waals surface area (Å²) < 4.78 is 10.7. The molecule has 0 atom stereocenters. The van der Waals surface area contributed by atoms with E-state index in [9.17, 15) is 14.4 Å². The lowest BCUT2D eigenvalue weighted by atomic mass is 10.2. The summed E-state index contributed by atoms with van der Waals surface area (Å²) in [5, 5.41) is 5.53. The fourth-order valence-electron chi connectivity index (χ4n) is 2.68. The molecular weight excluding hydrogens is 430 g/mol. The fraction of sp³-hybridized carbons (Fsp3) is 0.217. The Balaban J connectivity index is 1.45. The normalized spacial score (nSPS) is 10.3. The number of rotatable bonds is 8. The van der Waals surface area contributed by atoms with Crippen molar-refractivity contribution in [3.05, 3.63) is 75.7 Å². The van der Waals surface area contributed by atoms with Crippen LogP contribution in [0.3, 0.4) is 0 Å². The summed E-state index contributed by atoms with van der Waals surface area (Å²) in [6.45, 7) is 1.84. The van der Waals surface area contributed by atoms with E-state index in [2.05, 4.69) is 10.3 Å². The molecule has 0 spiro atoms. The second-order valence-electron chi connectivity index (χ2n) is 7.07. The third-order valence-corrected chi connectivity index (χ3v) is 5.12. The molecule has 1 heterocycles. The van der Waals surface area contributed by atoms with Gasteiger partial charge in [0.15, 0.2) is 6.61 Å². The number of aromatic nitrogens is 1. The number of amides is 2. The van der Waals surface area contributed by atoms with E-state index in [1.165, 1.54) is 4.90 Å². The van der Waals surface area contributed by atoms with Crippen molar-refractivity contribution in [3.8, 4) is 5.75 Å². The molecule has 8 nitrogen and oxygen atoms in total. The van der Waals surface area contributed by atoms with Crippen molar-refractivity contribution >= 4 is 34.8 Å². The number of aryl methyl sites for hydroxylation is 1. The Morgan fingerprint density at radius 3 is 2.25 bits per heavy atom. The van der Waals surface area contributed by atoms with Gasteiger partial charge in [0.2, 0.25) is 0 Å². The number of carbonyl (C=O) groups excluding carboxylic acids is 3. The zero-order valence-corrected chi connectivity index (χ0v) is 18.8. The molecule has 2 amide bonds. The first-order valence-corrected chi connectivity index (χ1v) is 10.6. The van der Waals surface area contributed by atoms with Crippen LogP contribution < -0.4 is 10.1 Å². The van der Waals surface area contributed by atoms with E-state index >= 15 is 0 Å². The van der Waals surface area contributed by atoms with Crippen LogP contribution in [0.5, 0.6) is 5.75 Å². The minimum atomic E-state index is -0.617. The maximum Gasteiger partial charge on any atom is 0.338 e. The first kappa shape index (κ1) is 23.0. The average molecular weight is 454 g/mol. The predicted octanol–water partition coefficient (Wildman–Crippen LogP) is 3.53. The number of esters is 1. The van der Waals surface area contributed by atoms with Crippen molar-refractivity contribution in [3.63, 3.8) is 0 Å². The first-order valence-electron chi connectivity index (χ1n) is 9.74. The van der Waals surface area contributed by atoms with Crippen molar-refractivity contribution in [2.75, 3.05) is 26.0 Å². The smallest absolute Gasteiger partial charge is 0.338 e. The minimum absolute atomic E-state index is 0.133. The van der Waals surface area contributed by atoms with Gasteiger partial charge in [-0.2, -0.15) is 0 Å². The molecule has 3 aromatic rings. The molecule has 2 aromatic carbocycles. The molecule has 1 N–H and O–H groups in total. The van der Waals surface area contributed by atoms with Gasteiger partial charge in [0.1, 0.15) is 12.4 Å². The summed E-state index contributed by atoms with van der Waals surface area (Å²) in [4.78, 5) is 41.9. The first-order chi connectivity index (χ1) is 15.3. The number of thiazole rings is 1. The molecule has 166 valence electrons. The maximum atomic E-state index is 12.2. The Kier molecular flexibility index (Phi) is 7.56. The molecule has 3 rings (SSSR count). The number of hydrogen-bond acceptors (Lipinski definition) is 7. The van der Waals surface area contributed by atoms with Gasteiger partial charge < -0.3 is 19.7 Å². The quantitative estimate of drug-likeness (QED) is 0.524. The molecule has 0 saturated heterocycles. The number of ether oxygens (including phenoxy) is 2. The third-order valence-electron chi connectivity index (χ3n) is 4.30. The highest BCUT2D eigenvalue weighted by molar-refractivity contribution is 7.09. The van der Waals surface area contributed by atoms with Crippen LogP contribution in [0.2, 0.25) is 0 Å². The van der Waals surface area contributed by atoms with Crippen LogP contribution >= 0.6 is 11.3 Å². The summed E-state index contributed by atoms with van der Waals surface area (Å²) >= 11 is 1.56. The van der Waals surface area contributed by atoms with Crippen molar-refractivity contribution in [1.82, 2.24) is 9.88 Å². The number of carbonyl (C=O) groups is 3. The molecule has 0 fully saturated rings.